The number of hydrogen-bond donors (Lipinski definition) is 4. The fourth-order valence-corrected chi connectivity index (χ4v) is 10.6. The highest BCUT2D eigenvalue weighted by molar-refractivity contribution is 5.92. The number of carboxylic acid groups (broad SMARTS) is 2. The van der Waals surface area contributed by atoms with Crippen LogP contribution in [0.25, 0.3) is 44.8 Å². The molecule has 6 aliphatic rings. The van der Waals surface area contributed by atoms with Gasteiger partial charge in [-0.1, -0.05) is 0 Å². The number of aromatic nitrogens is 8. The van der Waals surface area contributed by atoms with Crippen LogP contribution in [-0.4, -0.2) is 62.0 Å². The van der Waals surface area contributed by atoms with E-state index in [-0.39, 0.29) is 83.8 Å². The monoisotopic (exact) mass is 832 g/mol. The third kappa shape index (κ3) is 7.62. The Kier molecular flexibility index (Phi) is 11.1. The summed E-state index contributed by atoms with van der Waals surface area (Å²) in [4.78, 5) is 54.6. The molecule has 6 fully saturated rings. The van der Waals surface area contributed by atoms with Crippen LogP contribution < -0.4 is 0 Å². The van der Waals surface area contributed by atoms with Gasteiger partial charge in [-0.05, 0) is 112 Å². The fraction of sp³-hybridized carbons (Fsp3) is 0.429. The molecule has 6 saturated carbocycles. The van der Waals surface area contributed by atoms with Gasteiger partial charge in [-0.2, -0.15) is 0 Å². The number of H-pyrrole nitrogens is 2. The molecule has 0 aliphatic heterocycles. The van der Waals surface area contributed by atoms with E-state index in [0.29, 0.717) is 33.2 Å². The fourth-order valence-electron chi connectivity index (χ4n) is 10.6. The molecule has 6 aromatic heterocycles. The first-order valence-electron chi connectivity index (χ1n) is 19.8. The molecule has 308 valence electrons. The number of carboxylic acids is 2. The number of hydrogen-bond acceptors (Lipinski definition) is 8. The quantitative estimate of drug-likeness (QED) is 0.109. The Morgan fingerprint density at radius 3 is 1.32 bits per heavy atom. The zero-order valence-electron chi connectivity index (χ0n) is 31.6. The van der Waals surface area contributed by atoms with Crippen molar-refractivity contribution in [2.24, 2.45) is 47.3 Å². The summed E-state index contributed by atoms with van der Waals surface area (Å²) in [6, 6.07) is 2.67. The van der Waals surface area contributed by atoms with Crippen LogP contribution in [-0.2, 0) is 22.4 Å². The van der Waals surface area contributed by atoms with Gasteiger partial charge in [-0.3, -0.25) is 9.59 Å². The summed E-state index contributed by atoms with van der Waals surface area (Å²) in [5.41, 5.74) is 2.49. The lowest BCUT2D eigenvalue weighted by atomic mass is 9.57. The van der Waals surface area contributed by atoms with Crippen LogP contribution in [0.15, 0.2) is 49.3 Å². The van der Waals surface area contributed by atoms with Crippen molar-refractivity contribution in [1.29, 1.82) is 0 Å². The minimum Gasteiger partial charge on any atom is -0.481 e. The first kappa shape index (κ1) is 40.3. The topological polar surface area (TPSA) is 184 Å². The van der Waals surface area contributed by atoms with E-state index in [2.05, 4.69) is 39.9 Å². The smallest absolute Gasteiger partial charge is 0.307 e. The number of rotatable bonds is 8. The molecule has 4 bridgehead atoms. The molecule has 12 rings (SSSR count). The Balaban J connectivity index is 0.000000161. The Morgan fingerprint density at radius 2 is 0.949 bits per heavy atom. The maximum absolute atomic E-state index is 14.6. The molecule has 6 aliphatic carbocycles. The molecule has 17 heteroatoms. The van der Waals surface area contributed by atoms with Gasteiger partial charge in [-0.25, -0.2) is 47.5 Å². The highest BCUT2D eigenvalue weighted by Crippen LogP contribution is 2.51. The summed E-state index contributed by atoms with van der Waals surface area (Å²) in [6.07, 6.45) is 15.9. The molecular weight excluding hydrogens is 792 g/mol. The van der Waals surface area contributed by atoms with Crippen molar-refractivity contribution in [3.8, 4) is 22.8 Å². The standard InChI is InChI=1S/2C21H20F2N4O2.ClH/c2*22-12-5-14-15(8-25-19(14)24-7-12)20-26-9-16(23)17(27-20)6-13-10-1-3-11(4-2-10)18(13)21(28)29;/h2*5,7-11,13,18H,1-4,6H2,(H,24,25)(H,28,29);1H/t2*10?,11?,13-,18-;/m00./s1. The van der Waals surface area contributed by atoms with Crippen LogP contribution in [0.5, 0.6) is 0 Å². The molecule has 0 unspecified atom stereocenters. The number of carbonyl (C=O) groups is 2. The second-order valence-corrected chi connectivity index (χ2v) is 16.3. The van der Waals surface area contributed by atoms with Crippen molar-refractivity contribution in [3.05, 3.63) is 84.0 Å². The maximum atomic E-state index is 14.6. The number of aliphatic carboxylic acids is 2. The summed E-state index contributed by atoms with van der Waals surface area (Å²) < 4.78 is 56.4. The number of pyridine rings is 2. The molecule has 59 heavy (non-hydrogen) atoms. The van der Waals surface area contributed by atoms with E-state index >= 15 is 0 Å². The van der Waals surface area contributed by atoms with Crippen LogP contribution in [0.3, 0.4) is 0 Å². The average molecular weight is 833 g/mol. The molecule has 4 N–H and O–H groups in total. The molecule has 12 nitrogen and oxygen atoms in total. The van der Waals surface area contributed by atoms with Crippen molar-refractivity contribution >= 4 is 46.4 Å². The first-order chi connectivity index (χ1) is 28.0. The average Bonchev–Trinajstić information content (AvgIpc) is 3.84. The van der Waals surface area contributed by atoms with Crippen molar-refractivity contribution in [2.75, 3.05) is 0 Å². The van der Waals surface area contributed by atoms with Crippen molar-refractivity contribution in [2.45, 2.75) is 64.2 Å². The van der Waals surface area contributed by atoms with Crippen LogP contribution in [0.4, 0.5) is 17.6 Å². The van der Waals surface area contributed by atoms with Gasteiger partial charge in [-0.15, -0.1) is 12.4 Å². The van der Waals surface area contributed by atoms with Gasteiger partial charge in [0.25, 0.3) is 0 Å². The number of halogens is 5. The molecule has 6 heterocycles. The summed E-state index contributed by atoms with van der Waals surface area (Å²) in [6.45, 7) is 0. The van der Waals surface area contributed by atoms with Gasteiger partial charge in [0.15, 0.2) is 23.3 Å². The molecule has 0 radical (unpaired) electrons. The zero-order valence-corrected chi connectivity index (χ0v) is 32.4. The lowest BCUT2D eigenvalue weighted by Crippen LogP contribution is -2.45. The van der Waals surface area contributed by atoms with Gasteiger partial charge in [0.2, 0.25) is 0 Å². The first-order valence-corrected chi connectivity index (χ1v) is 19.8. The predicted molar refractivity (Wildman–Crippen MR) is 209 cm³/mol. The predicted octanol–water partition coefficient (Wildman–Crippen LogP) is 8.38. The molecule has 0 aromatic carbocycles. The van der Waals surface area contributed by atoms with Crippen molar-refractivity contribution < 1.29 is 37.4 Å². The Bertz CT molecular complexity index is 2360. The Labute approximate surface area is 341 Å². The van der Waals surface area contributed by atoms with E-state index in [1.54, 1.807) is 12.4 Å². The van der Waals surface area contributed by atoms with Crippen molar-refractivity contribution in [1.82, 2.24) is 39.9 Å². The van der Waals surface area contributed by atoms with E-state index in [1.807, 2.05) is 0 Å². The zero-order chi connectivity index (χ0) is 40.2. The second kappa shape index (κ2) is 16.3. The van der Waals surface area contributed by atoms with Crippen LogP contribution in [0.2, 0.25) is 0 Å². The van der Waals surface area contributed by atoms with Crippen LogP contribution in [0.1, 0.15) is 62.8 Å². The number of nitrogens with zero attached hydrogens (tertiary/aromatic N) is 6. The minimum absolute atomic E-state index is 0. The summed E-state index contributed by atoms with van der Waals surface area (Å²) in [7, 11) is 0. The van der Waals surface area contributed by atoms with E-state index in [4.69, 9.17) is 0 Å². The highest BCUT2D eigenvalue weighted by atomic mass is 35.5. The van der Waals surface area contributed by atoms with Gasteiger partial charge in [0.1, 0.15) is 22.9 Å². The van der Waals surface area contributed by atoms with Gasteiger partial charge in [0, 0.05) is 34.3 Å². The summed E-state index contributed by atoms with van der Waals surface area (Å²) in [5, 5.41) is 20.5. The largest absolute Gasteiger partial charge is 0.481 e. The van der Waals surface area contributed by atoms with E-state index < -0.39 is 47.0 Å². The molecule has 0 amide bonds. The molecule has 6 aromatic rings. The van der Waals surface area contributed by atoms with E-state index in [1.165, 1.54) is 12.1 Å². The normalized spacial score (nSPS) is 25.7. The third-order valence-electron chi connectivity index (χ3n) is 13.3. The molecule has 0 spiro atoms. The minimum atomic E-state index is -0.794. The third-order valence-corrected chi connectivity index (χ3v) is 13.3. The van der Waals surface area contributed by atoms with Crippen LogP contribution >= 0.6 is 12.4 Å². The van der Waals surface area contributed by atoms with Crippen LogP contribution in [0, 0.1) is 70.6 Å². The SMILES string of the molecule is Cl.O=C(O)[C@H]1C2CCC(CC2)[C@@H]1Cc1nc(-c2c[nH]c3ncc(F)cc23)ncc1F.O=C(O)[C@H]1C2CCC(CC2)[C@@H]1Cc1nc(-c2c[nH]c3ncc(F)cc23)ncc1F. The maximum Gasteiger partial charge on any atom is 0.307 e. The highest BCUT2D eigenvalue weighted by Gasteiger charge is 2.48. The molecule has 4 atom stereocenters. The number of aromatic amines is 2. The van der Waals surface area contributed by atoms with Gasteiger partial charge >= 0.3 is 11.9 Å². The number of nitrogens with one attached hydrogen (secondary N) is 2. The van der Waals surface area contributed by atoms with E-state index in [9.17, 15) is 37.4 Å². The molecule has 0 saturated heterocycles. The van der Waals surface area contributed by atoms with Gasteiger partial charge < -0.3 is 20.2 Å². The van der Waals surface area contributed by atoms with E-state index in [0.717, 1.165) is 76.2 Å². The Hall–Kier alpha value is -5.51. The summed E-state index contributed by atoms with van der Waals surface area (Å²) >= 11 is 0. The molecular formula is C42H41ClF4N8O4. The second-order valence-electron chi connectivity index (χ2n) is 16.3. The van der Waals surface area contributed by atoms with Gasteiger partial charge in [0.05, 0.1) is 48.0 Å². The lowest BCUT2D eigenvalue weighted by molar-refractivity contribution is -0.153. The lowest BCUT2D eigenvalue weighted by Gasteiger charge is -2.46. The number of fused-ring (bicyclic) bond motifs is 8. The summed E-state index contributed by atoms with van der Waals surface area (Å²) in [5.74, 6) is -3.36. The Morgan fingerprint density at radius 1 is 0.576 bits per heavy atom. The van der Waals surface area contributed by atoms with Crippen molar-refractivity contribution in [3.63, 3.8) is 0 Å².